The second-order valence-electron chi connectivity index (χ2n) is 5.03. The van der Waals surface area contributed by atoms with E-state index in [2.05, 4.69) is 15.4 Å². The van der Waals surface area contributed by atoms with E-state index in [0.29, 0.717) is 18.7 Å². The molecule has 0 aliphatic carbocycles. The van der Waals surface area contributed by atoms with E-state index in [9.17, 15) is 4.79 Å². The highest BCUT2D eigenvalue weighted by Gasteiger charge is 2.15. The number of nitrogens with one attached hydrogen (secondary N) is 1. The zero-order chi connectivity index (χ0) is 14.8. The van der Waals surface area contributed by atoms with Gasteiger partial charge in [-0.3, -0.25) is 9.48 Å². The average Bonchev–Trinajstić information content (AvgIpc) is 3.04. The minimum Gasteiger partial charge on any atom is -0.350 e. The van der Waals surface area contributed by atoms with Crippen LogP contribution in [-0.4, -0.2) is 31.8 Å². The lowest BCUT2D eigenvalue weighted by Crippen LogP contribution is -2.26. The molecule has 3 aromatic rings. The second-order valence-corrected chi connectivity index (χ2v) is 5.03. The topological polar surface area (TPSA) is 64.7 Å². The molecular weight excluding hydrogens is 266 g/mol. The number of aromatic nitrogens is 4. The van der Waals surface area contributed by atoms with Crippen LogP contribution in [0.2, 0.25) is 0 Å². The normalized spacial score (nSPS) is 11.0. The lowest BCUT2D eigenvalue weighted by molar-refractivity contribution is 0.0950. The maximum atomic E-state index is 12.3. The molecule has 0 radical (unpaired) electrons. The highest BCUT2D eigenvalue weighted by Crippen LogP contribution is 2.17. The number of aryl methyl sites for hydroxylation is 2. The van der Waals surface area contributed by atoms with E-state index in [-0.39, 0.29) is 5.91 Å². The number of hydrogen-bond acceptors (Lipinski definition) is 3. The summed E-state index contributed by atoms with van der Waals surface area (Å²) in [4.78, 5) is 16.5. The highest BCUT2D eigenvalue weighted by atomic mass is 16.1. The Balaban J connectivity index is 1.69. The fourth-order valence-corrected chi connectivity index (χ4v) is 2.37. The largest absolute Gasteiger partial charge is 0.350 e. The van der Waals surface area contributed by atoms with Gasteiger partial charge in [0.2, 0.25) is 0 Å². The van der Waals surface area contributed by atoms with Gasteiger partial charge in [-0.2, -0.15) is 5.10 Å². The summed E-state index contributed by atoms with van der Waals surface area (Å²) in [6, 6.07) is 7.71. The van der Waals surface area contributed by atoms with Crippen molar-refractivity contribution < 1.29 is 4.79 Å². The lowest BCUT2D eigenvalue weighted by atomic mass is 10.2. The Morgan fingerprint density at radius 2 is 2.10 bits per heavy atom. The standard InChI is InChI=1S/C15H17N5O/c1-19-9-11(17-10-19)7-8-16-15(21)14-12-5-3-4-6-13(12)20(2)18-14/h3-6,9-10H,7-8H2,1-2H3,(H,16,21). The number of para-hydroxylation sites is 1. The molecule has 6 heteroatoms. The fraction of sp³-hybridized carbons (Fsp3) is 0.267. The third-order valence-electron chi connectivity index (χ3n) is 3.40. The van der Waals surface area contributed by atoms with Crippen molar-refractivity contribution in [3.8, 4) is 0 Å². The number of carbonyl (C=O) groups is 1. The van der Waals surface area contributed by atoms with Crippen molar-refractivity contribution in [2.75, 3.05) is 6.54 Å². The molecule has 21 heavy (non-hydrogen) atoms. The van der Waals surface area contributed by atoms with Crippen molar-refractivity contribution in [2.45, 2.75) is 6.42 Å². The molecule has 2 heterocycles. The lowest BCUT2D eigenvalue weighted by Gasteiger charge is -2.01. The SMILES string of the molecule is Cn1cnc(CCNC(=O)c2nn(C)c3ccccc23)c1. The molecule has 0 saturated heterocycles. The Labute approximate surface area is 122 Å². The smallest absolute Gasteiger partial charge is 0.272 e. The van der Waals surface area contributed by atoms with E-state index in [1.165, 1.54) is 0 Å². The van der Waals surface area contributed by atoms with E-state index in [1.54, 1.807) is 11.0 Å². The van der Waals surface area contributed by atoms with Crippen LogP contribution in [0.4, 0.5) is 0 Å². The summed E-state index contributed by atoms with van der Waals surface area (Å²) in [5.41, 5.74) is 2.38. The first-order chi connectivity index (χ1) is 10.1. The summed E-state index contributed by atoms with van der Waals surface area (Å²) in [6.07, 6.45) is 4.41. The summed E-state index contributed by atoms with van der Waals surface area (Å²) in [5, 5.41) is 8.07. The summed E-state index contributed by atoms with van der Waals surface area (Å²) < 4.78 is 3.62. The van der Waals surface area contributed by atoms with Crippen molar-refractivity contribution in [1.82, 2.24) is 24.6 Å². The molecule has 0 aliphatic rings. The van der Waals surface area contributed by atoms with Gasteiger partial charge in [0.25, 0.3) is 5.91 Å². The van der Waals surface area contributed by atoms with Crippen LogP contribution >= 0.6 is 0 Å². The third kappa shape index (κ3) is 2.65. The quantitative estimate of drug-likeness (QED) is 0.784. The van der Waals surface area contributed by atoms with Crippen LogP contribution in [0.1, 0.15) is 16.2 Å². The van der Waals surface area contributed by atoms with Crippen LogP contribution in [0.15, 0.2) is 36.8 Å². The van der Waals surface area contributed by atoms with Gasteiger partial charge in [0.15, 0.2) is 5.69 Å². The number of fused-ring (bicyclic) bond motifs is 1. The molecule has 2 aromatic heterocycles. The van der Waals surface area contributed by atoms with Gasteiger partial charge in [0.05, 0.1) is 17.5 Å². The molecule has 0 saturated carbocycles. The molecule has 3 rings (SSSR count). The molecule has 108 valence electrons. The molecule has 0 unspecified atom stereocenters. The minimum absolute atomic E-state index is 0.150. The van der Waals surface area contributed by atoms with Crippen LogP contribution in [0.3, 0.4) is 0 Å². The predicted molar refractivity (Wildman–Crippen MR) is 80.0 cm³/mol. The molecule has 1 aromatic carbocycles. The molecule has 0 atom stereocenters. The van der Waals surface area contributed by atoms with Crippen LogP contribution in [-0.2, 0) is 20.5 Å². The van der Waals surface area contributed by atoms with E-state index in [4.69, 9.17) is 0 Å². The summed E-state index contributed by atoms with van der Waals surface area (Å²) >= 11 is 0. The van der Waals surface area contributed by atoms with Crippen LogP contribution in [0.25, 0.3) is 10.9 Å². The van der Waals surface area contributed by atoms with Gasteiger partial charge in [0.1, 0.15) is 0 Å². The van der Waals surface area contributed by atoms with E-state index in [1.807, 2.05) is 49.1 Å². The second kappa shape index (κ2) is 5.40. The molecule has 0 bridgehead atoms. The van der Waals surface area contributed by atoms with Gasteiger partial charge >= 0.3 is 0 Å². The molecule has 0 spiro atoms. The van der Waals surface area contributed by atoms with E-state index >= 15 is 0 Å². The van der Waals surface area contributed by atoms with Crippen LogP contribution < -0.4 is 5.32 Å². The van der Waals surface area contributed by atoms with Crippen molar-refractivity contribution >= 4 is 16.8 Å². The van der Waals surface area contributed by atoms with Crippen molar-refractivity contribution in [1.29, 1.82) is 0 Å². The van der Waals surface area contributed by atoms with Crippen LogP contribution in [0, 0.1) is 0 Å². The fourth-order valence-electron chi connectivity index (χ4n) is 2.37. The highest BCUT2D eigenvalue weighted by molar-refractivity contribution is 6.04. The number of carbonyl (C=O) groups excluding carboxylic acids is 1. The number of imidazole rings is 1. The number of nitrogens with zero attached hydrogens (tertiary/aromatic N) is 4. The van der Waals surface area contributed by atoms with Gasteiger partial charge in [-0.1, -0.05) is 18.2 Å². The molecule has 0 fully saturated rings. The molecule has 1 amide bonds. The Kier molecular flexibility index (Phi) is 3.43. The monoisotopic (exact) mass is 283 g/mol. The Morgan fingerprint density at radius 3 is 2.86 bits per heavy atom. The Morgan fingerprint density at radius 1 is 1.29 bits per heavy atom. The zero-order valence-corrected chi connectivity index (χ0v) is 12.1. The Hall–Kier alpha value is -2.63. The van der Waals surface area contributed by atoms with E-state index < -0.39 is 0 Å². The number of amides is 1. The molecular formula is C15H17N5O. The third-order valence-corrected chi connectivity index (χ3v) is 3.40. The average molecular weight is 283 g/mol. The zero-order valence-electron chi connectivity index (χ0n) is 12.1. The maximum absolute atomic E-state index is 12.3. The first kappa shape index (κ1) is 13.4. The minimum atomic E-state index is -0.150. The van der Waals surface area contributed by atoms with Gasteiger partial charge in [-0.15, -0.1) is 0 Å². The molecule has 0 aliphatic heterocycles. The van der Waals surface area contributed by atoms with Crippen molar-refractivity contribution in [3.05, 3.63) is 48.2 Å². The van der Waals surface area contributed by atoms with Gasteiger partial charge in [-0.05, 0) is 6.07 Å². The van der Waals surface area contributed by atoms with Gasteiger partial charge in [0, 0.05) is 38.6 Å². The number of hydrogen-bond donors (Lipinski definition) is 1. The van der Waals surface area contributed by atoms with Gasteiger partial charge < -0.3 is 9.88 Å². The number of benzene rings is 1. The molecule has 6 nitrogen and oxygen atoms in total. The van der Waals surface area contributed by atoms with Crippen LogP contribution in [0.5, 0.6) is 0 Å². The predicted octanol–water partition coefficient (Wildman–Crippen LogP) is 1.28. The first-order valence-electron chi connectivity index (χ1n) is 6.82. The maximum Gasteiger partial charge on any atom is 0.272 e. The summed E-state index contributed by atoms with van der Waals surface area (Å²) in [5.74, 6) is -0.150. The summed E-state index contributed by atoms with van der Waals surface area (Å²) in [7, 11) is 3.77. The van der Waals surface area contributed by atoms with E-state index in [0.717, 1.165) is 16.6 Å². The summed E-state index contributed by atoms with van der Waals surface area (Å²) in [6.45, 7) is 0.542. The molecule has 1 N–H and O–H groups in total. The Bertz CT molecular complexity index is 786. The van der Waals surface area contributed by atoms with Gasteiger partial charge in [-0.25, -0.2) is 4.98 Å². The number of rotatable bonds is 4. The first-order valence-corrected chi connectivity index (χ1v) is 6.82. The van der Waals surface area contributed by atoms with Crippen molar-refractivity contribution in [2.24, 2.45) is 14.1 Å². The van der Waals surface area contributed by atoms with Crippen molar-refractivity contribution in [3.63, 3.8) is 0 Å².